The van der Waals surface area contributed by atoms with Crippen LogP contribution in [0.15, 0.2) is 48.5 Å². The minimum absolute atomic E-state index is 0.0152. The van der Waals surface area contributed by atoms with E-state index in [1.54, 1.807) is 53.2 Å². The number of anilines is 1. The lowest BCUT2D eigenvalue weighted by Gasteiger charge is -2.22. The third kappa shape index (κ3) is 6.55. The number of ether oxygens (including phenoxy) is 1. The molecule has 2 rings (SSSR count). The number of hydrogen-bond acceptors (Lipinski definition) is 4. The maximum absolute atomic E-state index is 12.2. The zero-order chi connectivity index (χ0) is 20.5. The average Bonchev–Trinajstić information content (AvgIpc) is 2.66. The number of para-hydroxylation sites is 1. The number of benzene rings is 2. The first-order valence-electron chi connectivity index (χ1n) is 9.21. The van der Waals surface area contributed by atoms with Gasteiger partial charge in [-0.3, -0.25) is 14.5 Å². The van der Waals surface area contributed by atoms with Gasteiger partial charge in [-0.05, 0) is 57.3 Å². The van der Waals surface area contributed by atoms with Crippen molar-refractivity contribution in [1.29, 1.82) is 0 Å². The highest BCUT2D eigenvalue weighted by Crippen LogP contribution is 2.29. The van der Waals surface area contributed by atoms with Crippen molar-refractivity contribution in [2.24, 2.45) is 0 Å². The fraction of sp³-hybridized carbons (Fsp3) is 0.333. The molecule has 0 aliphatic rings. The van der Waals surface area contributed by atoms with Crippen LogP contribution in [0.5, 0.6) is 11.5 Å². The van der Waals surface area contributed by atoms with Gasteiger partial charge in [-0.25, -0.2) is 0 Å². The van der Waals surface area contributed by atoms with E-state index in [1.807, 2.05) is 26.0 Å². The molecule has 2 amide bonds. The van der Waals surface area contributed by atoms with Crippen LogP contribution in [0.2, 0.25) is 5.02 Å². The topological polar surface area (TPSA) is 61.9 Å². The zero-order valence-electron chi connectivity index (χ0n) is 16.4. The minimum atomic E-state index is -0.186. The van der Waals surface area contributed by atoms with Crippen molar-refractivity contribution in [3.8, 4) is 11.5 Å². The Hall–Kier alpha value is -2.57. The second kappa shape index (κ2) is 10.7. The number of hydrogen-bond donors (Lipinski definition) is 1. The molecule has 1 N–H and O–H groups in total. The SMILES string of the molecule is CCN(CC)C(=O)CN(C)CC(=O)Nc1ccc(Oc2ccccc2Cl)cc1. The van der Waals surface area contributed by atoms with Crippen molar-refractivity contribution < 1.29 is 14.3 Å². The smallest absolute Gasteiger partial charge is 0.238 e. The summed E-state index contributed by atoms with van der Waals surface area (Å²) in [5.74, 6) is 1.02. The highest BCUT2D eigenvalue weighted by molar-refractivity contribution is 6.32. The molecule has 0 saturated carbocycles. The average molecular weight is 404 g/mol. The number of likely N-dealkylation sites (N-methyl/N-ethyl adjacent to an activating group) is 2. The molecule has 0 radical (unpaired) electrons. The molecule has 150 valence electrons. The Balaban J connectivity index is 1.85. The van der Waals surface area contributed by atoms with E-state index in [4.69, 9.17) is 16.3 Å². The largest absolute Gasteiger partial charge is 0.456 e. The standard InChI is InChI=1S/C21H26ClN3O3/c1-4-25(5-2)21(27)15-24(3)14-20(26)23-16-10-12-17(13-11-16)28-19-9-7-6-8-18(19)22/h6-13H,4-5,14-15H2,1-3H3,(H,23,26). The van der Waals surface area contributed by atoms with Crippen molar-refractivity contribution in [2.45, 2.75) is 13.8 Å². The second-order valence-electron chi connectivity index (χ2n) is 6.34. The molecule has 28 heavy (non-hydrogen) atoms. The Morgan fingerprint density at radius 2 is 1.64 bits per heavy atom. The van der Waals surface area contributed by atoms with Gasteiger partial charge in [0.25, 0.3) is 0 Å². The third-order valence-corrected chi connectivity index (χ3v) is 4.45. The predicted molar refractivity (Wildman–Crippen MR) is 112 cm³/mol. The molecule has 0 fully saturated rings. The lowest BCUT2D eigenvalue weighted by molar-refractivity contribution is -0.132. The van der Waals surface area contributed by atoms with Crippen LogP contribution >= 0.6 is 11.6 Å². The highest BCUT2D eigenvalue weighted by Gasteiger charge is 2.14. The molecule has 2 aromatic carbocycles. The van der Waals surface area contributed by atoms with Gasteiger partial charge in [-0.1, -0.05) is 23.7 Å². The summed E-state index contributed by atoms with van der Waals surface area (Å²) in [4.78, 5) is 27.7. The highest BCUT2D eigenvalue weighted by atomic mass is 35.5. The van der Waals surface area contributed by atoms with E-state index < -0.39 is 0 Å². The third-order valence-electron chi connectivity index (χ3n) is 4.14. The predicted octanol–water partition coefficient (Wildman–Crippen LogP) is 3.87. The van der Waals surface area contributed by atoms with E-state index in [9.17, 15) is 9.59 Å². The van der Waals surface area contributed by atoms with Crippen molar-refractivity contribution in [1.82, 2.24) is 9.80 Å². The quantitative estimate of drug-likeness (QED) is 0.690. The van der Waals surface area contributed by atoms with E-state index in [1.165, 1.54) is 0 Å². The zero-order valence-corrected chi connectivity index (χ0v) is 17.2. The normalized spacial score (nSPS) is 10.6. The molecule has 0 aromatic heterocycles. The summed E-state index contributed by atoms with van der Waals surface area (Å²) in [5, 5.41) is 3.35. The van der Waals surface area contributed by atoms with Gasteiger partial charge >= 0.3 is 0 Å². The summed E-state index contributed by atoms with van der Waals surface area (Å²) in [6, 6.07) is 14.2. The Kier molecular flexibility index (Phi) is 8.29. The Labute approximate surface area is 171 Å². The van der Waals surface area contributed by atoms with Gasteiger partial charge in [0.1, 0.15) is 11.5 Å². The summed E-state index contributed by atoms with van der Waals surface area (Å²) in [7, 11) is 1.75. The summed E-state index contributed by atoms with van der Waals surface area (Å²) in [5.41, 5.74) is 0.653. The van der Waals surface area contributed by atoms with E-state index >= 15 is 0 Å². The van der Waals surface area contributed by atoms with Crippen LogP contribution in [-0.4, -0.2) is 54.8 Å². The molecule has 7 heteroatoms. The molecule has 0 aliphatic carbocycles. The van der Waals surface area contributed by atoms with Gasteiger partial charge in [0.05, 0.1) is 18.1 Å². The van der Waals surface area contributed by atoms with Crippen LogP contribution in [-0.2, 0) is 9.59 Å². The molecule has 0 unspecified atom stereocenters. The molecule has 0 saturated heterocycles. The summed E-state index contributed by atoms with van der Waals surface area (Å²) in [6.07, 6.45) is 0. The second-order valence-corrected chi connectivity index (χ2v) is 6.75. The van der Waals surface area contributed by atoms with Crippen LogP contribution in [0.4, 0.5) is 5.69 Å². The number of halogens is 1. The van der Waals surface area contributed by atoms with Crippen LogP contribution in [0.3, 0.4) is 0 Å². The van der Waals surface area contributed by atoms with Gasteiger partial charge in [-0.2, -0.15) is 0 Å². The van der Waals surface area contributed by atoms with Gasteiger partial charge in [0, 0.05) is 18.8 Å². The summed E-state index contributed by atoms with van der Waals surface area (Å²) in [6.45, 7) is 5.54. The van der Waals surface area contributed by atoms with Gasteiger partial charge in [0.2, 0.25) is 11.8 Å². The maximum Gasteiger partial charge on any atom is 0.238 e. The molecule has 0 heterocycles. The molecule has 0 spiro atoms. The minimum Gasteiger partial charge on any atom is -0.456 e. The first kappa shape index (κ1) is 21.7. The number of rotatable bonds is 9. The van der Waals surface area contributed by atoms with Crippen LogP contribution < -0.4 is 10.1 Å². The van der Waals surface area contributed by atoms with Crippen molar-refractivity contribution >= 4 is 29.1 Å². The van der Waals surface area contributed by atoms with Crippen molar-refractivity contribution in [3.63, 3.8) is 0 Å². The molecule has 0 bridgehead atoms. The summed E-state index contributed by atoms with van der Waals surface area (Å²) >= 11 is 6.08. The first-order valence-corrected chi connectivity index (χ1v) is 9.59. The fourth-order valence-electron chi connectivity index (χ4n) is 2.67. The van der Waals surface area contributed by atoms with Crippen molar-refractivity contribution in [2.75, 3.05) is 38.5 Å². The van der Waals surface area contributed by atoms with Crippen LogP contribution in [0.1, 0.15) is 13.8 Å². The maximum atomic E-state index is 12.2. The molecular formula is C21H26ClN3O3. The van der Waals surface area contributed by atoms with Crippen LogP contribution in [0, 0.1) is 0 Å². The van der Waals surface area contributed by atoms with E-state index in [2.05, 4.69) is 5.32 Å². The van der Waals surface area contributed by atoms with E-state index in [0.717, 1.165) is 0 Å². The molecule has 0 aliphatic heterocycles. The number of amides is 2. The van der Waals surface area contributed by atoms with Gasteiger partial charge < -0.3 is 15.0 Å². The number of carbonyl (C=O) groups excluding carboxylic acids is 2. The summed E-state index contributed by atoms with van der Waals surface area (Å²) < 4.78 is 5.73. The fourth-order valence-corrected chi connectivity index (χ4v) is 2.84. The first-order chi connectivity index (χ1) is 13.4. The Morgan fingerprint density at radius 1 is 1.00 bits per heavy atom. The molecule has 2 aromatic rings. The van der Waals surface area contributed by atoms with Crippen molar-refractivity contribution in [3.05, 3.63) is 53.6 Å². The Morgan fingerprint density at radius 3 is 2.25 bits per heavy atom. The number of nitrogens with zero attached hydrogens (tertiary/aromatic N) is 2. The lowest BCUT2D eigenvalue weighted by Crippen LogP contribution is -2.41. The molecule has 6 nitrogen and oxygen atoms in total. The molecular weight excluding hydrogens is 378 g/mol. The monoisotopic (exact) mass is 403 g/mol. The Bertz CT molecular complexity index is 792. The molecule has 0 atom stereocenters. The van der Waals surface area contributed by atoms with E-state index in [-0.39, 0.29) is 24.9 Å². The number of carbonyl (C=O) groups is 2. The van der Waals surface area contributed by atoms with Crippen LogP contribution in [0.25, 0.3) is 0 Å². The van der Waals surface area contributed by atoms with Gasteiger partial charge in [0.15, 0.2) is 0 Å². The number of nitrogens with one attached hydrogen (secondary N) is 1. The van der Waals surface area contributed by atoms with Gasteiger partial charge in [-0.15, -0.1) is 0 Å². The van der Waals surface area contributed by atoms with E-state index in [0.29, 0.717) is 35.3 Å². The lowest BCUT2D eigenvalue weighted by atomic mass is 10.3.